The topological polar surface area (TPSA) is 15.3 Å². The van der Waals surface area contributed by atoms with Crippen molar-refractivity contribution < 1.29 is 4.39 Å². The summed E-state index contributed by atoms with van der Waals surface area (Å²) in [6.45, 7) is 6.90. The Hall–Kier alpha value is -0.580. The van der Waals surface area contributed by atoms with Gasteiger partial charge in [0.25, 0.3) is 0 Å². The van der Waals surface area contributed by atoms with E-state index in [0.29, 0.717) is 0 Å². The van der Waals surface area contributed by atoms with Gasteiger partial charge in [0, 0.05) is 31.0 Å². The Morgan fingerprint density at radius 2 is 2.20 bits per heavy atom. The SMILES string of the molecule is CCCNCc1ccc(F)c(CN2CCCSCC2)c1. The number of benzene rings is 1. The van der Waals surface area contributed by atoms with E-state index in [0.717, 1.165) is 44.7 Å². The molecule has 0 bridgehead atoms. The maximum atomic E-state index is 14.0. The van der Waals surface area contributed by atoms with E-state index in [4.69, 9.17) is 0 Å². The number of thioether (sulfide) groups is 1. The molecule has 2 rings (SSSR count). The van der Waals surface area contributed by atoms with Gasteiger partial charge in [0.1, 0.15) is 5.82 Å². The molecule has 0 radical (unpaired) electrons. The lowest BCUT2D eigenvalue weighted by molar-refractivity contribution is 0.283. The van der Waals surface area contributed by atoms with Gasteiger partial charge in [0.15, 0.2) is 0 Å². The monoisotopic (exact) mass is 296 g/mol. The zero-order valence-electron chi connectivity index (χ0n) is 12.3. The van der Waals surface area contributed by atoms with Crippen molar-refractivity contribution in [1.29, 1.82) is 0 Å². The molecule has 0 aromatic heterocycles. The van der Waals surface area contributed by atoms with Crippen molar-refractivity contribution in [3.63, 3.8) is 0 Å². The molecule has 112 valence electrons. The predicted octanol–water partition coefficient (Wildman–Crippen LogP) is 3.26. The van der Waals surface area contributed by atoms with Crippen LogP contribution in [0.25, 0.3) is 0 Å². The summed E-state index contributed by atoms with van der Waals surface area (Å²) in [4.78, 5) is 2.38. The summed E-state index contributed by atoms with van der Waals surface area (Å²) in [5.74, 6) is 2.33. The van der Waals surface area contributed by atoms with Crippen LogP contribution in [0.2, 0.25) is 0 Å². The Kier molecular flexibility index (Phi) is 6.83. The fourth-order valence-corrected chi connectivity index (χ4v) is 3.39. The van der Waals surface area contributed by atoms with E-state index in [1.807, 2.05) is 23.9 Å². The van der Waals surface area contributed by atoms with Crippen LogP contribution >= 0.6 is 11.8 Å². The maximum Gasteiger partial charge on any atom is 0.127 e. The number of hydrogen-bond acceptors (Lipinski definition) is 3. The van der Waals surface area contributed by atoms with Crippen molar-refractivity contribution in [2.24, 2.45) is 0 Å². The lowest BCUT2D eigenvalue weighted by Gasteiger charge is -2.20. The van der Waals surface area contributed by atoms with E-state index in [9.17, 15) is 4.39 Å². The maximum absolute atomic E-state index is 14.0. The van der Waals surface area contributed by atoms with Gasteiger partial charge in [0.2, 0.25) is 0 Å². The Labute approximate surface area is 126 Å². The molecule has 1 aliphatic rings. The highest BCUT2D eigenvalue weighted by Crippen LogP contribution is 2.16. The molecule has 1 aromatic carbocycles. The molecule has 20 heavy (non-hydrogen) atoms. The number of hydrogen-bond donors (Lipinski definition) is 1. The van der Waals surface area contributed by atoms with E-state index in [-0.39, 0.29) is 5.82 Å². The van der Waals surface area contributed by atoms with E-state index < -0.39 is 0 Å². The van der Waals surface area contributed by atoms with Crippen LogP contribution in [0.3, 0.4) is 0 Å². The van der Waals surface area contributed by atoms with Crippen LogP contribution < -0.4 is 5.32 Å². The summed E-state index contributed by atoms with van der Waals surface area (Å²) < 4.78 is 14.0. The zero-order chi connectivity index (χ0) is 14.2. The summed E-state index contributed by atoms with van der Waals surface area (Å²) in [6.07, 6.45) is 2.34. The molecule has 1 N–H and O–H groups in total. The molecule has 1 aliphatic heterocycles. The summed E-state index contributed by atoms with van der Waals surface area (Å²) in [6, 6.07) is 5.53. The first-order valence-electron chi connectivity index (χ1n) is 7.57. The van der Waals surface area contributed by atoms with Gasteiger partial charge >= 0.3 is 0 Å². The van der Waals surface area contributed by atoms with Gasteiger partial charge in [-0.25, -0.2) is 4.39 Å². The average molecular weight is 296 g/mol. The summed E-state index contributed by atoms with van der Waals surface area (Å²) in [7, 11) is 0. The first-order chi connectivity index (χ1) is 9.79. The fourth-order valence-electron chi connectivity index (χ4n) is 2.47. The summed E-state index contributed by atoms with van der Waals surface area (Å²) in [5, 5.41) is 3.37. The van der Waals surface area contributed by atoms with Crippen LogP contribution in [-0.4, -0.2) is 36.0 Å². The first kappa shape index (κ1) is 15.8. The van der Waals surface area contributed by atoms with Crippen LogP contribution in [0.1, 0.15) is 30.9 Å². The van der Waals surface area contributed by atoms with Gasteiger partial charge in [-0.2, -0.15) is 11.8 Å². The predicted molar refractivity (Wildman–Crippen MR) is 85.6 cm³/mol. The highest BCUT2D eigenvalue weighted by molar-refractivity contribution is 7.99. The van der Waals surface area contributed by atoms with Crippen LogP contribution in [0.5, 0.6) is 0 Å². The van der Waals surface area contributed by atoms with Gasteiger partial charge in [-0.05, 0) is 43.3 Å². The molecule has 0 aliphatic carbocycles. The minimum absolute atomic E-state index is 0.0684. The van der Waals surface area contributed by atoms with Crippen molar-refractivity contribution in [2.45, 2.75) is 32.9 Å². The van der Waals surface area contributed by atoms with Crippen molar-refractivity contribution >= 4 is 11.8 Å². The van der Waals surface area contributed by atoms with Gasteiger partial charge in [-0.1, -0.05) is 19.1 Å². The van der Waals surface area contributed by atoms with Crippen molar-refractivity contribution in [3.05, 3.63) is 35.1 Å². The third-order valence-corrected chi connectivity index (χ3v) is 4.62. The van der Waals surface area contributed by atoms with E-state index in [1.165, 1.54) is 23.5 Å². The average Bonchev–Trinajstić information content (AvgIpc) is 2.71. The minimum Gasteiger partial charge on any atom is -0.313 e. The Bertz CT molecular complexity index is 403. The number of rotatable bonds is 6. The molecule has 0 unspecified atom stereocenters. The molecule has 1 heterocycles. The normalized spacial score (nSPS) is 17.1. The molecule has 1 fully saturated rings. The molecule has 2 nitrogen and oxygen atoms in total. The van der Waals surface area contributed by atoms with Crippen LogP contribution in [-0.2, 0) is 13.1 Å². The second-order valence-electron chi connectivity index (χ2n) is 5.34. The molecule has 4 heteroatoms. The van der Waals surface area contributed by atoms with Crippen molar-refractivity contribution in [3.8, 4) is 0 Å². The Morgan fingerprint density at radius 3 is 3.05 bits per heavy atom. The highest BCUT2D eigenvalue weighted by Gasteiger charge is 2.12. The Balaban J connectivity index is 1.96. The largest absolute Gasteiger partial charge is 0.313 e. The molecule has 1 aromatic rings. The smallest absolute Gasteiger partial charge is 0.127 e. The van der Waals surface area contributed by atoms with Gasteiger partial charge in [-0.3, -0.25) is 4.90 Å². The van der Waals surface area contributed by atoms with E-state index >= 15 is 0 Å². The third kappa shape index (κ3) is 5.08. The molecule has 0 spiro atoms. The van der Waals surface area contributed by atoms with Crippen molar-refractivity contribution in [1.82, 2.24) is 10.2 Å². The lowest BCUT2D eigenvalue weighted by Crippen LogP contribution is -2.26. The fraction of sp³-hybridized carbons (Fsp3) is 0.625. The molecule has 0 saturated carbocycles. The van der Waals surface area contributed by atoms with Gasteiger partial charge in [0.05, 0.1) is 0 Å². The molecular weight excluding hydrogens is 271 g/mol. The van der Waals surface area contributed by atoms with Crippen molar-refractivity contribution in [2.75, 3.05) is 31.1 Å². The highest BCUT2D eigenvalue weighted by atomic mass is 32.2. The molecule has 1 saturated heterocycles. The molecule has 0 amide bonds. The Morgan fingerprint density at radius 1 is 1.30 bits per heavy atom. The van der Waals surface area contributed by atoms with Crippen LogP contribution in [0, 0.1) is 5.82 Å². The van der Waals surface area contributed by atoms with Gasteiger partial charge < -0.3 is 5.32 Å². The molecular formula is C16H25FN2S. The third-order valence-electron chi connectivity index (χ3n) is 3.57. The minimum atomic E-state index is -0.0684. The van der Waals surface area contributed by atoms with Gasteiger partial charge in [-0.15, -0.1) is 0 Å². The second kappa shape index (κ2) is 8.65. The van der Waals surface area contributed by atoms with E-state index in [2.05, 4.69) is 17.1 Å². The summed E-state index contributed by atoms with van der Waals surface area (Å²) >= 11 is 2.01. The van der Waals surface area contributed by atoms with Crippen LogP contribution in [0.15, 0.2) is 18.2 Å². The second-order valence-corrected chi connectivity index (χ2v) is 6.57. The number of nitrogens with one attached hydrogen (secondary N) is 1. The van der Waals surface area contributed by atoms with E-state index in [1.54, 1.807) is 6.07 Å². The first-order valence-corrected chi connectivity index (χ1v) is 8.73. The molecule has 0 atom stereocenters. The quantitative estimate of drug-likeness (QED) is 0.811. The standard InChI is InChI=1S/C16H25FN2S/c1-2-6-18-12-14-4-5-16(17)15(11-14)13-19-7-3-9-20-10-8-19/h4-5,11,18H,2-3,6-10,12-13H2,1H3. The summed E-state index contributed by atoms with van der Waals surface area (Å²) in [5.41, 5.74) is 2.02. The number of halogens is 1. The lowest BCUT2D eigenvalue weighted by atomic mass is 10.1. The zero-order valence-corrected chi connectivity index (χ0v) is 13.1. The number of nitrogens with zero attached hydrogens (tertiary/aromatic N) is 1. The van der Waals surface area contributed by atoms with Crippen LogP contribution in [0.4, 0.5) is 4.39 Å².